The summed E-state index contributed by atoms with van der Waals surface area (Å²) in [4.78, 5) is 27.7. The Bertz CT molecular complexity index is 602. The third kappa shape index (κ3) is 3.69. The molecule has 5 heteroatoms. The summed E-state index contributed by atoms with van der Waals surface area (Å²) in [5.41, 5.74) is 1.20. The first-order chi connectivity index (χ1) is 11.0. The van der Waals surface area contributed by atoms with E-state index in [-0.39, 0.29) is 17.7 Å². The summed E-state index contributed by atoms with van der Waals surface area (Å²) in [5, 5.41) is 0.727. The van der Waals surface area contributed by atoms with E-state index in [2.05, 4.69) is 0 Å². The lowest BCUT2D eigenvalue weighted by Gasteiger charge is -2.22. The first-order valence-electron chi connectivity index (χ1n) is 8.21. The molecule has 4 nitrogen and oxygen atoms in total. The van der Waals surface area contributed by atoms with Gasteiger partial charge in [-0.15, -0.1) is 0 Å². The van der Waals surface area contributed by atoms with Gasteiger partial charge in [0.25, 0.3) is 0 Å². The minimum atomic E-state index is 0.103. The topological polar surface area (TPSA) is 40.6 Å². The number of likely N-dealkylation sites (tertiary alicyclic amines) is 1. The number of rotatable bonds is 4. The van der Waals surface area contributed by atoms with Crippen LogP contribution in [0.1, 0.15) is 31.2 Å². The number of carbonyl (C=O) groups is 2. The van der Waals surface area contributed by atoms with Crippen molar-refractivity contribution < 1.29 is 9.59 Å². The highest BCUT2D eigenvalue weighted by Gasteiger charge is 2.45. The number of hydrogen-bond acceptors (Lipinski definition) is 2. The molecule has 3 rings (SSSR count). The SMILES string of the molecule is CC(=O)N1CCC(CN(C)C(=O)C2CC2c2ccc(Cl)cc2)C1. The van der Waals surface area contributed by atoms with E-state index < -0.39 is 0 Å². The fourth-order valence-electron chi connectivity index (χ4n) is 3.57. The summed E-state index contributed by atoms with van der Waals surface area (Å²) in [6, 6.07) is 7.80. The zero-order chi connectivity index (χ0) is 16.6. The number of carbonyl (C=O) groups excluding carboxylic acids is 2. The molecule has 3 unspecified atom stereocenters. The van der Waals surface area contributed by atoms with Crippen molar-refractivity contribution in [3.05, 3.63) is 34.9 Å². The lowest BCUT2D eigenvalue weighted by molar-refractivity contribution is -0.131. The van der Waals surface area contributed by atoms with Crippen molar-refractivity contribution in [1.29, 1.82) is 0 Å². The number of hydrogen-bond donors (Lipinski definition) is 0. The molecular formula is C18H23ClN2O2. The number of halogens is 1. The second-order valence-corrected chi connectivity index (χ2v) is 7.28. The fourth-order valence-corrected chi connectivity index (χ4v) is 3.70. The van der Waals surface area contributed by atoms with Crippen LogP contribution in [0, 0.1) is 11.8 Å². The van der Waals surface area contributed by atoms with Gasteiger partial charge in [-0.2, -0.15) is 0 Å². The summed E-state index contributed by atoms with van der Waals surface area (Å²) in [6.07, 6.45) is 1.91. The van der Waals surface area contributed by atoms with Crippen LogP contribution in [0.4, 0.5) is 0 Å². The van der Waals surface area contributed by atoms with Crippen LogP contribution in [-0.2, 0) is 9.59 Å². The molecule has 1 aromatic carbocycles. The largest absolute Gasteiger partial charge is 0.345 e. The number of benzene rings is 1. The molecule has 1 heterocycles. The summed E-state index contributed by atoms with van der Waals surface area (Å²) in [5.74, 6) is 1.20. The quantitative estimate of drug-likeness (QED) is 0.849. The van der Waals surface area contributed by atoms with Crippen molar-refractivity contribution in [2.24, 2.45) is 11.8 Å². The monoisotopic (exact) mass is 334 g/mol. The normalized spacial score (nSPS) is 26.2. The smallest absolute Gasteiger partial charge is 0.226 e. The minimum Gasteiger partial charge on any atom is -0.345 e. The van der Waals surface area contributed by atoms with Crippen molar-refractivity contribution in [3.8, 4) is 0 Å². The Balaban J connectivity index is 1.51. The molecule has 0 bridgehead atoms. The Hall–Kier alpha value is -1.55. The third-order valence-electron chi connectivity index (χ3n) is 5.05. The van der Waals surface area contributed by atoms with Crippen LogP contribution in [0.2, 0.25) is 5.02 Å². The van der Waals surface area contributed by atoms with Gasteiger partial charge in [0, 0.05) is 44.5 Å². The highest BCUT2D eigenvalue weighted by Crippen LogP contribution is 2.48. The molecule has 1 aliphatic heterocycles. The van der Waals surface area contributed by atoms with Gasteiger partial charge in [0.05, 0.1) is 0 Å². The van der Waals surface area contributed by atoms with E-state index in [4.69, 9.17) is 11.6 Å². The van der Waals surface area contributed by atoms with Gasteiger partial charge >= 0.3 is 0 Å². The average molecular weight is 335 g/mol. The van der Waals surface area contributed by atoms with Crippen LogP contribution in [0.15, 0.2) is 24.3 Å². The van der Waals surface area contributed by atoms with E-state index in [1.165, 1.54) is 5.56 Å². The standard InChI is InChI=1S/C18H23ClN2O2/c1-12(22)21-8-7-13(11-21)10-20(2)18(23)17-9-16(17)14-3-5-15(19)6-4-14/h3-6,13,16-17H,7-11H2,1-2H3. The van der Waals surface area contributed by atoms with Crippen molar-refractivity contribution in [1.82, 2.24) is 9.80 Å². The molecule has 2 aliphatic rings. The Kier molecular flexibility index (Phi) is 4.62. The maximum Gasteiger partial charge on any atom is 0.226 e. The molecule has 1 aliphatic carbocycles. The fraction of sp³-hybridized carbons (Fsp3) is 0.556. The van der Waals surface area contributed by atoms with Crippen LogP contribution in [0.5, 0.6) is 0 Å². The minimum absolute atomic E-state index is 0.103. The molecule has 0 radical (unpaired) electrons. The van der Waals surface area contributed by atoms with Gasteiger partial charge in [-0.1, -0.05) is 23.7 Å². The van der Waals surface area contributed by atoms with Crippen molar-refractivity contribution in [2.45, 2.75) is 25.7 Å². The first-order valence-corrected chi connectivity index (χ1v) is 8.59. The van der Waals surface area contributed by atoms with E-state index in [1.54, 1.807) is 6.92 Å². The summed E-state index contributed by atoms with van der Waals surface area (Å²) in [6.45, 7) is 3.95. The zero-order valence-electron chi connectivity index (χ0n) is 13.7. The molecular weight excluding hydrogens is 312 g/mol. The predicted molar refractivity (Wildman–Crippen MR) is 90.3 cm³/mol. The van der Waals surface area contributed by atoms with Crippen molar-refractivity contribution in [2.75, 3.05) is 26.7 Å². The molecule has 2 fully saturated rings. The lowest BCUT2D eigenvalue weighted by Crippen LogP contribution is -2.35. The van der Waals surface area contributed by atoms with E-state index in [1.807, 2.05) is 41.1 Å². The van der Waals surface area contributed by atoms with Gasteiger partial charge in [-0.05, 0) is 42.4 Å². The van der Waals surface area contributed by atoms with E-state index in [0.717, 1.165) is 37.5 Å². The molecule has 124 valence electrons. The maximum absolute atomic E-state index is 12.6. The molecule has 1 saturated heterocycles. The molecule has 1 aromatic rings. The van der Waals surface area contributed by atoms with Gasteiger partial charge in [0.15, 0.2) is 0 Å². The third-order valence-corrected chi connectivity index (χ3v) is 5.30. The van der Waals surface area contributed by atoms with Gasteiger partial charge in [0.1, 0.15) is 0 Å². The number of amides is 2. The van der Waals surface area contributed by atoms with Crippen LogP contribution in [-0.4, -0.2) is 48.3 Å². The predicted octanol–water partition coefficient (Wildman–Crippen LogP) is 2.77. The average Bonchev–Trinajstić information content (AvgIpc) is 3.18. The molecule has 0 spiro atoms. The Morgan fingerprint density at radius 2 is 2.00 bits per heavy atom. The van der Waals surface area contributed by atoms with E-state index in [9.17, 15) is 9.59 Å². The highest BCUT2D eigenvalue weighted by atomic mass is 35.5. The van der Waals surface area contributed by atoms with Crippen molar-refractivity contribution >= 4 is 23.4 Å². The van der Waals surface area contributed by atoms with Crippen LogP contribution in [0.25, 0.3) is 0 Å². The van der Waals surface area contributed by atoms with Crippen LogP contribution in [0.3, 0.4) is 0 Å². The summed E-state index contributed by atoms with van der Waals surface area (Å²) >= 11 is 5.91. The Morgan fingerprint density at radius 1 is 1.30 bits per heavy atom. The second kappa shape index (κ2) is 6.52. The van der Waals surface area contributed by atoms with Gasteiger partial charge < -0.3 is 9.80 Å². The molecule has 3 atom stereocenters. The van der Waals surface area contributed by atoms with E-state index >= 15 is 0 Å². The van der Waals surface area contributed by atoms with Gasteiger partial charge in [-0.3, -0.25) is 9.59 Å². The summed E-state index contributed by atoms with van der Waals surface area (Å²) in [7, 11) is 1.88. The lowest BCUT2D eigenvalue weighted by atomic mass is 10.1. The van der Waals surface area contributed by atoms with Gasteiger partial charge in [0.2, 0.25) is 11.8 Å². The van der Waals surface area contributed by atoms with Gasteiger partial charge in [-0.25, -0.2) is 0 Å². The molecule has 0 N–H and O–H groups in total. The zero-order valence-corrected chi connectivity index (χ0v) is 14.4. The Morgan fingerprint density at radius 3 is 2.61 bits per heavy atom. The molecule has 23 heavy (non-hydrogen) atoms. The van der Waals surface area contributed by atoms with Crippen LogP contribution >= 0.6 is 11.6 Å². The Labute approximate surface area is 142 Å². The van der Waals surface area contributed by atoms with Crippen LogP contribution < -0.4 is 0 Å². The summed E-state index contributed by atoms with van der Waals surface area (Å²) < 4.78 is 0. The highest BCUT2D eigenvalue weighted by molar-refractivity contribution is 6.30. The van der Waals surface area contributed by atoms with Crippen molar-refractivity contribution in [3.63, 3.8) is 0 Å². The molecule has 1 saturated carbocycles. The van der Waals surface area contributed by atoms with E-state index in [0.29, 0.717) is 11.8 Å². The maximum atomic E-state index is 12.6. The number of nitrogens with zero attached hydrogens (tertiary/aromatic N) is 2. The first kappa shape index (κ1) is 16.3. The molecule has 0 aromatic heterocycles. The second-order valence-electron chi connectivity index (χ2n) is 6.84. The molecule has 2 amide bonds.